The van der Waals surface area contributed by atoms with E-state index in [9.17, 15) is 9.59 Å². The lowest BCUT2D eigenvalue weighted by atomic mass is 10.1. The summed E-state index contributed by atoms with van der Waals surface area (Å²) in [7, 11) is 0. The Morgan fingerprint density at radius 1 is 1.24 bits per heavy atom. The second kappa shape index (κ2) is 5.57. The van der Waals surface area contributed by atoms with Crippen molar-refractivity contribution in [3.63, 3.8) is 0 Å². The lowest BCUT2D eigenvalue weighted by Gasteiger charge is -2.24. The van der Waals surface area contributed by atoms with Gasteiger partial charge in [-0.15, -0.1) is 0 Å². The van der Waals surface area contributed by atoms with Crippen LogP contribution in [-0.4, -0.2) is 41.3 Å². The maximum atomic E-state index is 11.9. The standard InChI is InChI=1S/C15H24N2O4/c16-11(7-12(18)19)14(20)17-15(5-6-15)8-21-13(9-1-2-9)10-3-4-10/h9-11,13H,1-8,16H2,(H,17,20)(H,18,19)/t11-/m0/s1. The van der Waals surface area contributed by atoms with Crippen LogP contribution in [0, 0.1) is 11.8 Å². The van der Waals surface area contributed by atoms with Gasteiger partial charge >= 0.3 is 5.97 Å². The van der Waals surface area contributed by atoms with E-state index < -0.39 is 12.0 Å². The minimum Gasteiger partial charge on any atom is -0.481 e. The molecule has 0 aromatic rings. The van der Waals surface area contributed by atoms with Crippen molar-refractivity contribution in [1.82, 2.24) is 5.32 Å². The van der Waals surface area contributed by atoms with E-state index in [0.717, 1.165) is 24.7 Å². The van der Waals surface area contributed by atoms with E-state index in [4.69, 9.17) is 15.6 Å². The van der Waals surface area contributed by atoms with Gasteiger partial charge in [0.1, 0.15) is 0 Å². The second-order valence-electron chi connectivity index (χ2n) is 6.92. The number of aliphatic carboxylic acids is 1. The van der Waals surface area contributed by atoms with Crippen molar-refractivity contribution in [3.8, 4) is 0 Å². The fourth-order valence-corrected chi connectivity index (χ4v) is 2.85. The number of carboxylic acid groups (broad SMARTS) is 1. The number of hydrogen-bond acceptors (Lipinski definition) is 4. The smallest absolute Gasteiger partial charge is 0.305 e. The zero-order chi connectivity index (χ0) is 15.0. The third-order valence-electron chi connectivity index (χ3n) is 4.70. The molecule has 0 bridgehead atoms. The Hall–Kier alpha value is -1.14. The molecule has 118 valence electrons. The Labute approximate surface area is 124 Å². The Bertz CT molecular complexity index is 415. The molecule has 3 saturated carbocycles. The SMILES string of the molecule is N[C@@H](CC(=O)O)C(=O)NC1(COC(C2CC2)C2CC2)CC1. The highest BCUT2D eigenvalue weighted by Crippen LogP contribution is 2.47. The minimum atomic E-state index is -1.05. The Morgan fingerprint density at radius 3 is 2.24 bits per heavy atom. The van der Waals surface area contributed by atoms with Crippen molar-refractivity contribution in [1.29, 1.82) is 0 Å². The van der Waals surface area contributed by atoms with Crippen LogP contribution in [0.1, 0.15) is 44.9 Å². The fraction of sp³-hybridized carbons (Fsp3) is 0.867. The molecule has 3 aliphatic carbocycles. The second-order valence-corrected chi connectivity index (χ2v) is 6.92. The van der Waals surface area contributed by atoms with Gasteiger partial charge in [0.25, 0.3) is 0 Å². The summed E-state index contributed by atoms with van der Waals surface area (Å²) in [4.78, 5) is 22.5. The van der Waals surface area contributed by atoms with E-state index >= 15 is 0 Å². The maximum absolute atomic E-state index is 11.9. The average molecular weight is 296 g/mol. The van der Waals surface area contributed by atoms with E-state index in [0.29, 0.717) is 12.7 Å². The van der Waals surface area contributed by atoms with Gasteiger partial charge in [0.2, 0.25) is 5.91 Å². The highest BCUT2D eigenvalue weighted by molar-refractivity contribution is 5.86. The first-order valence-electron chi connectivity index (χ1n) is 7.90. The third-order valence-corrected chi connectivity index (χ3v) is 4.70. The van der Waals surface area contributed by atoms with Gasteiger partial charge in [0, 0.05) is 0 Å². The summed E-state index contributed by atoms with van der Waals surface area (Å²) < 4.78 is 6.11. The molecule has 0 aromatic heterocycles. The molecule has 4 N–H and O–H groups in total. The van der Waals surface area contributed by atoms with Crippen molar-refractivity contribution in [2.45, 2.75) is 62.6 Å². The molecule has 0 radical (unpaired) electrons. The number of carboxylic acids is 1. The number of carbonyl (C=O) groups is 2. The van der Waals surface area contributed by atoms with Gasteiger partial charge in [-0.3, -0.25) is 9.59 Å². The monoisotopic (exact) mass is 296 g/mol. The number of nitrogens with two attached hydrogens (primary N) is 1. The topological polar surface area (TPSA) is 102 Å². The third kappa shape index (κ3) is 3.95. The number of nitrogens with one attached hydrogen (secondary N) is 1. The molecule has 1 atom stereocenters. The van der Waals surface area contributed by atoms with Gasteiger partial charge in [0.15, 0.2) is 0 Å². The van der Waals surface area contributed by atoms with Gasteiger partial charge in [-0.25, -0.2) is 0 Å². The Morgan fingerprint density at radius 2 is 1.81 bits per heavy atom. The van der Waals surface area contributed by atoms with Crippen LogP contribution in [0.3, 0.4) is 0 Å². The number of ether oxygens (including phenoxy) is 1. The molecule has 3 aliphatic rings. The molecule has 6 heteroatoms. The molecule has 0 unspecified atom stereocenters. The predicted octanol–water partition coefficient (Wildman–Crippen LogP) is 0.642. The molecule has 3 fully saturated rings. The quantitative estimate of drug-likeness (QED) is 0.579. The molecular weight excluding hydrogens is 272 g/mol. The first-order chi connectivity index (χ1) is 9.99. The van der Waals surface area contributed by atoms with Crippen LogP contribution >= 0.6 is 0 Å². The predicted molar refractivity (Wildman–Crippen MR) is 75.5 cm³/mol. The summed E-state index contributed by atoms with van der Waals surface area (Å²) in [5.41, 5.74) is 5.30. The summed E-state index contributed by atoms with van der Waals surface area (Å²) in [5, 5.41) is 11.6. The van der Waals surface area contributed by atoms with Gasteiger partial charge < -0.3 is 20.9 Å². The first kappa shape index (κ1) is 14.8. The zero-order valence-electron chi connectivity index (χ0n) is 12.2. The molecular formula is C15H24N2O4. The van der Waals surface area contributed by atoms with Crippen molar-refractivity contribution in [2.24, 2.45) is 17.6 Å². The van der Waals surface area contributed by atoms with E-state index in [1.165, 1.54) is 25.7 Å². The van der Waals surface area contributed by atoms with Gasteiger partial charge in [-0.2, -0.15) is 0 Å². The normalized spacial score (nSPS) is 24.7. The molecule has 21 heavy (non-hydrogen) atoms. The van der Waals surface area contributed by atoms with E-state index in [2.05, 4.69) is 5.32 Å². The van der Waals surface area contributed by atoms with Crippen molar-refractivity contribution in [3.05, 3.63) is 0 Å². The lowest BCUT2D eigenvalue weighted by molar-refractivity contribution is -0.139. The summed E-state index contributed by atoms with van der Waals surface area (Å²) in [6.07, 6.45) is 6.88. The van der Waals surface area contributed by atoms with Crippen LogP contribution in [0.4, 0.5) is 0 Å². The summed E-state index contributed by atoms with van der Waals surface area (Å²) in [6, 6.07) is -0.984. The van der Waals surface area contributed by atoms with Crippen LogP contribution in [0.25, 0.3) is 0 Å². The summed E-state index contributed by atoms with van der Waals surface area (Å²) >= 11 is 0. The van der Waals surface area contributed by atoms with Crippen LogP contribution in [0.2, 0.25) is 0 Å². The molecule has 3 rings (SSSR count). The molecule has 1 amide bonds. The zero-order valence-corrected chi connectivity index (χ0v) is 12.2. The highest BCUT2D eigenvalue weighted by atomic mass is 16.5. The van der Waals surface area contributed by atoms with E-state index in [1.54, 1.807) is 0 Å². The van der Waals surface area contributed by atoms with Crippen LogP contribution in [0.5, 0.6) is 0 Å². The number of amides is 1. The minimum absolute atomic E-state index is 0.296. The van der Waals surface area contributed by atoms with Gasteiger partial charge in [-0.05, 0) is 50.4 Å². The largest absolute Gasteiger partial charge is 0.481 e. The number of hydrogen-bond donors (Lipinski definition) is 3. The summed E-state index contributed by atoms with van der Waals surface area (Å²) in [6.45, 7) is 0.538. The Kier molecular flexibility index (Phi) is 3.92. The molecule has 0 aromatic carbocycles. The molecule has 0 aliphatic heterocycles. The fourth-order valence-electron chi connectivity index (χ4n) is 2.85. The van der Waals surface area contributed by atoms with Crippen molar-refractivity contribution < 1.29 is 19.4 Å². The molecule has 0 spiro atoms. The van der Waals surface area contributed by atoms with Crippen LogP contribution < -0.4 is 11.1 Å². The lowest BCUT2D eigenvalue weighted by Crippen LogP contribution is -2.49. The first-order valence-corrected chi connectivity index (χ1v) is 7.90. The number of rotatable bonds is 9. The van der Waals surface area contributed by atoms with Gasteiger partial charge in [-0.1, -0.05) is 0 Å². The maximum Gasteiger partial charge on any atom is 0.305 e. The van der Waals surface area contributed by atoms with Crippen LogP contribution in [-0.2, 0) is 14.3 Å². The van der Waals surface area contributed by atoms with E-state index in [1.807, 2.05) is 0 Å². The van der Waals surface area contributed by atoms with Crippen molar-refractivity contribution >= 4 is 11.9 Å². The highest BCUT2D eigenvalue weighted by Gasteiger charge is 2.48. The molecule has 6 nitrogen and oxygen atoms in total. The molecule has 0 saturated heterocycles. The molecule has 0 heterocycles. The average Bonchev–Trinajstić information content (AvgIpc) is 3.21. The Balaban J connectivity index is 1.45. The van der Waals surface area contributed by atoms with Crippen molar-refractivity contribution in [2.75, 3.05) is 6.61 Å². The summed E-state index contributed by atoms with van der Waals surface area (Å²) in [5.74, 6) is 0.00529. The number of carbonyl (C=O) groups excluding carboxylic acids is 1. The van der Waals surface area contributed by atoms with E-state index in [-0.39, 0.29) is 17.9 Å². The van der Waals surface area contributed by atoms with Crippen LogP contribution in [0.15, 0.2) is 0 Å². The van der Waals surface area contributed by atoms with Gasteiger partial charge in [0.05, 0.1) is 30.7 Å².